The third-order valence-corrected chi connectivity index (χ3v) is 4.10. The van der Waals surface area contributed by atoms with Gasteiger partial charge in [0.25, 0.3) is 0 Å². The van der Waals surface area contributed by atoms with Crippen molar-refractivity contribution in [3.63, 3.8) is 0 Å². The summed E-state index contributed by atoms with van der Waals surface area (Å²) in [4.78, 5) is 11.6. The molecule has 1 aliphatic rings. The lowest BCUT2D eigenvalue weighted by molar-refractivity contribution is 0.0318. The first-order chi connectivity index (χ1) is 11.1. The van der Waals surface area contributed by atoms with Crippen LogP contribution in [0.3, 0.4) is 0 Å². The highest BCUT2D eigenvalue weighted by atomic mass is 16.5. The fraction of sp³-hybridized carbons (Fsp3) is 0.316. The van der Waals surface area contributed by atoms with Crippen molar-refractivity contribution in [2.24, 2.45) is 0 Å². The van der Waals surface area contributed by atoms with Gasteiger partial charge in [-0.05, 0) is 41.7 Å². The van der Waals surface area contributed by atoms with E-state index in [2.05, 4.69) is 0 Å². The van der Waals surface area contributed by atoms with Crippen LogP contribution in [0.4, 0.5) is 0 Å². The number of carbonyl (C=O) groups is 1. The average molecular weight is 312 g/mol. The van der Waals surface area contributed by atoms with Crippen LogP contribution in [0.1, 0.15) is 27.9 Å². The summed E-state index contributed by atoms with van der Waals surface area (Å²) in [5.74, 6) is -0.900. The SMILES string of the molecule is Cc1cccc(-c2cccc(COC3CCOC3)c2)c1C(=O)O. The molecule has 0 bridgehead atoms. The van der Waals surface area contributed by atoms with E-state index in [1.165, 1.54) is 0 Å². The Morgan fingerprint density at radius 2 is 2.13 bits per heavy atom. The number of carboxylic acid groups (broad SMARTS) is 1. The molecule has 1 heterocycles. The second-order valence-corrected chi connectivity index (χ2v) is 5.80. The van der Waals surface area contributed by atoms with E-state index in [1.54, 1.807) is 0 Å². The van der Waals surface area contributed by atoms with Crippen molar-refractivity contribution in [1.29, 1.82) is 0 Å². The second-order valence-electron chi connectivity index (χ2n) is 5.80. The van der Waals surface area contributed by atoms with Crippen molar-refractivity contribution in [2.45, 2.75) is 26.1 Å². The molecule has 1 fully saturated rings. The molecular weight excluding hydrogens is 292 g/mol. The minimum atomic E-state index is -0.900. The highest BCUT2D eigenvalue weighted by molar-refractivity contribution is 5.97. The third-order valence-electron chi connectivity index (χ3n) is 4.10. The molecule has 0 saturated carbocycles. The number of aromatic carboxylic acids is 1. The highest BCUT2D eigenvalue weighted by Gasteiger charge is 2.17. The Balaban J connectivity index is 1.85. The van der Waals surface area contributed by atoms with Crippen LogP contribution in [-0.4, -0.2) is 30.4 Å². The molecule has 1 atom stereocenters. The molecule has 23 heavy (non-hydrogen) atoms. The first-order valence-corrected chi connectivity index (χ1v) is 7.76. The van der Waals surface area contributed by atoms with Crippen LogP contribution < -0.4 is 0 Å². The summed E-state index contributed by atoms with van der Waals surface area (Å²) in [7, 11) is 0. The molecule has 0 radical (unpaired) electrons. The lowest BCUT2D eigenvalue weighted by Gasteiger charge is -2.12. The molecule has 4 nitrogen and oxygen atoms in total. The Kier molecular flexibility index (Phi) is 4.74. The molecule has 4 heteroatoms. The number of hydrogen-bond acceptors (Lipinski definition) is 3. The topological polar surface area (TPSA) is 55.8 Å². The van der Waals surface area contributed by atoms with E-state index in [9.17, 15) is 9.90 Å². The van der Waals surface area contributed by atoms with Crippen molar-refractivity contribution < 1.29 is 19.4 Å². The van der Waals surface area contributed by atoms with Gasteiger partial charge >= 0.3 is 5.97 Å². The van der Waals surface area contributed by atoms with Crippen molar-refractivity contribution in [3.05, 3.63) is 59.2 Å². The minimum Gasteiger partial charge on any atom is -0.478 e. The van der Waals surface area contributed by atoms with Gasteiger partial charge in [0.15, 0.2) is 0 Å². The molecule has 0 aliphatic carbocycles. The summed E-state index contributed by atoms with van der Waals surface area (Å²) < 4.78 is 11.1. The number of ether oxygens (including phenoxy) is 2. The van der Waals surface area contributed by atoms with Gasteiger partial charge in [-0.2, -0.15) is 0 Å². The summed E-state index contributed by atoms with van der Waals surface area (Å²) >= 11 is 0. The van der Waals surface area contributed by atoms with E-state index in [4.69, 9.17) is 9.47 Å². The molecule has 3 rings (SSSR count). The van der Waals surface area contributed by atoms with Crippen molar-refractivity contribution in [1.82, 2.24) is 0 Å². The van der Waals surface area contributed by atoms with Crippen LogP contribution >= 0.6 is 0 Å². The van der Waals surface area contributed by atoms with Crippen LogP contribution in [-0.2, 0) is 16.1 Å². The Morgan fingerprint density at radius 3 is 2.87 bits per heavy atom. The van der Waals surface area contributed by atoms with E-state index in [0.717, 1.165) is 35.3 Å². The Hall–Kier alpha value is -2.17. The quantitative estimate of drug-likeness (QED) is 0.915. The molecule has 0 amide bonds. The maximum Gasteiger partial charge on any atom is 0.336 e. The third kappa shape index (κ3) is 3.60. The second kappa shape index (κ2) is 6.94. The Morgan fingerprint density at radius 1 is 1.30 bits per heavy atom. The van der Waals surface area contributed by atoms with Crippen LogP contribution in [0.15, 0.2) is 42.5 Å². The number of aryl methyl sites for hydroxylation is 1. The molecule has 2 aromatic carbocycles. The molecule has 0 aromatic heterocycles. The van der Waals surface area contributed by atoms with Gasteiger partial charge in [-0.25, -0.2) is 4.79 Å². The van der Waals surface area contributed by atoms with Crippen molar-refractivity contribution in [2.75, 3.05) is 13.2 Å². The number of rotatable bonds is 5. The summed E-state index contributed by atoms with van der Waals surface area (Å²) in [6, 6.07) is 13.4. The molecule has 1 N–H and O–H groups in total. The largest absolute Gasteiger partial charge is 0.478 e. The first kappa shape index (κ1) is 15.7. The summed E-state index contributed by atoms with van der Waals surface area (Å²) in [6.45, 7) is 3.74. The van der Waals surface area contributed by atoms with Crippen LogP contribution in [0.5, 0.6) is 0 Å². The normalized spacial score (nSPS) is 17.3. The number of hydrogen-bond donors (Lipinski definition) is 1. The standard InChI is InChI=1S/C19H20O4/c1-13-4-2-7-17(18(13)19(20)21)15-6-3-5-14(10-15)11-23-16-8-9-22-12-16/h2-7,10,16H,8-9,11-12H2,1H3,(H,20,21). The van der Waals surface area contributed by atoms with Gasteiger partial charge in [-0.3, -0.25) is 0 Å². The van der Waals surface area contributed by atoms with E-state index in [1.807, 2.05) is 49.4 Å². The molecule has 1 unspecified atom stereocenters. The minimum absolute atomic E-state index is 0.159. The van der Waals surface area contributed by atoms with Crippen LogP contribution in [0, 0.1) is 6.92 Å². The predicted molar refractivity (Wildman–Crippen MR) is 87.6 cm³/mol. The van der Waals surface area contributed by atoms with E-state index < -0.39 is 5.97 Å². The fourth-order valence-electron chi connectivity index (χ4n) is 2.88. The van der Waals surface area contributed by atoms with Gasteiger partial charge in [0, 0.05) is 6.61 Å². The zero-order valence-corrected chi connectivity index (χ0v) is 13.1. The molecule has 0 spiro atoms. The Bertz CT molecular complexity index is 702. The molecule has 1 saturated heterocycles. The molecule has 120 valence electrons. The van der Waals surface area contributed by atoms with E-state index in [-0.39, 0.29) is 6.10 Å². The first-order valence-electron chi connectivity index (χ1n) is 7.76. The van der Waals surface area contributed by atoms with Crippen molar-refractivity contribution >= 4 is 5.97 Å². The molecular formula is C19H20O4. The lowest BCUT2D eigenvalue weighted by atomic mass is 9.95. The van der Waals surface area contributed by atoms with Crippen LogP contribution in [0.25, 0.3) is 11.1 Å². The maximum atomic E-state index is 11.6. The van der Waals surface area contributed by atoms with E-state index >= 15 is 0 Å². The zero-order valence-electron chi connectivity index (χ0n) is 13.1. The van der Waals surface area contributed by atoms with Gasteiger partial charge in [0.05, 0.1) is 24.9 Å². The molecule has 1 aliphatic heterocycles. The fourth-order valence-corrected chi connectivity index (χ4v) is 2.88. The lowest BCUT2D eigenvalue weighted by Crippen LogP contribution is -2.11. The summed E-state index contributed by atoms with van der Waals surface area (Å²) in [5, 5.41) is 9.49. The smallest absolute Gasteiger partial charge is 0.336 e. The zero-order chi connectivity index (χ0) is 16.2. The predicted octanol–water partition coefficient (Wildman–Crippen LogP) is 3.67. The summed E-state index contributed by atoms with van der Waals surface area (Å²) in [5.41, 5.74) is 3.79. The van der Waals surface area contributed by atoms with Crippen molar-refractivity contribution in [3.8, 4) is 11.1 Å². The number of benzene rings is 2. The monoisotopic (exact) mass is 312 g/mol. The van der Waals surface area contributed by atoms with Gasteiger partial charge in [-0.15, -0.1) is 0 Å². The highest BCUT2D eigenvalue weighted by Crippen LogP contribution is 2.27. The van der Waals surface area contributed by atoms with Gasteiger partial charge in [-0.1, -0.05) is 36.4 Å². The molecule has 2 aromatic rings. The summed E-state index contributed by atoms with van der Waals surface area (Å²) in [6.07, 6.45) is 1.09. The average Bonchev–Trinajstić information content (AvgIpc) is 3.06. The Labute approximate surface area is 135 Å². The van der Waals surface area contributed by atoms with Gasteiger partial charge in [0.2, 0.25) is 0 Å². The van der Waals surface area contributed by atoms with Gasteiger partial charge in [0.1, 0.15) is 0 Å². The van der Waals surface area contributed by atoms with Gasteiger partial charge < -0.3 is 14.6 Å². The number of carboxylic acids is 1. The van der Waals surface area contributed by atoms with E-state index in [0.29, 0.717) is 18.8 Å². The maximum absolute atomic E-state index is 11.6. The van der Waals surface area contributed by atoms with Crippen LogP contribution in [0.2, 0.25) is 0 Å².